The predicted octanol–water partition coefficient (Wildman–Crippen LogP) is 4.32. The van der Waals surface area contributed by atoms with Crippen LogP contribution in [0.5, 0.6) is 0 Å². The van der Waals surface area contributed by atoms with E-state index in [0.29, 0.717) is 12.8 Å². The SMILES string of the molecule is Cc1noc(Cl)c1CCC(=O)Nc1nc2c(s1)CCCCCC2. The first-order valence-electron chi connectivity index (χ1n) is 8.02. The molecular formula is C16H20ClN3O2S. The molecule has 2 aromatic heterocycles. The van der Waals surface area contributed by atoms with Crippen molar-refractivity contribution in [1.82, 2.24) is 10.1 Å². The zero-order valence-corrected chi connectivity index (χ0v) is 14.7. The summed E-state index contributed by atoms with van der Waals surface area (Å²) in [5.74, 6) is -0.0524. The Morgan fingerprint density at radius 2 is 2.09 bits per heavy atom. The molecular weight excluding hydrogens is 334 g/mol. The molecule has 7 heteroatoms. The maximum absolute atomic E-state index is 12.1. The molecule has 0 fully saturated rings. The van der Waals surface area contributed by atoms with Gasteiger partial charge in [-0.2, -0.15) is 0 Å². The summed E-state index contributed by atoms with van der Waals surface area (Å²) in [6.45, 7) is 1.82. The van der Waals surface area contributed by atoms with Crippen molar-refractivity contribution in [2.75, 3.05) is 5.32 Å². The Morgan fingerprint density at radius 3 is 2.83 bits per heavy atom. The van der Waals surface area contributed by atoms with Crippen LogP contribution in [0.1, 0.15) is 53.9 Å². The first kappa shape index (κ1) is 16.5. The number of amides is 1. The van der Waals surface area contributed by atoms with Gasteiger partial charge in [-0.1, -0.05) is 18.0 Å². The van der Waals surface area contributed by atoms with E-state index in [0.717, 1.165) is 29.2 Å². The molecule has 3 rings (SSSR count). The number of aryl methyl sites for hydroxylation is 3. The van der Waals surface area contributed by atoms with E-state index in [1.807, 2.05) is 6.92 Å². The Hall–Kier alpha value is -1.40. The number of hydrogen-bond donors (Lipinski definition) is 1. The van der Waals surface area contributed by atoms with Crippen LogP contribution in [0, 0.1) is 6.92 Å². The van der Waals surface area contributed by atoms with E-state index in [1.165, 1.54) is 36.3 Å². The number of carbonyl (C=O) groups excluding carboxylic acids is 1. The van der Waals surface area contributed by atoms with Gasteiger partial charge >= 0.3 is 0 Å². The van der Waals surface area contributed by atoms with Crippen molar-refractivity contribution in [2.45, 2.75) is 58.3 Å². The number of aromatic nitrogens is 2. The van der Waals surface area contributed by atoms with Gasteiger partial charge in [-0.05, 0) is 50.6 Å². The summed E-state index contributed by atoms with van der Waals surface area (Å²) in [4.78, 5) is 18.1. The van der Waals surface area contributed by atoms with Crippen LogP contribution in [-0.2, 0) is 24.1 Å². The Bertz CT molecular complexity index is 651. The second-order valence-electron chi connectivity index (χ2n) is 5.87. The molecule has 1 aliphatic carbocycles. The van der Waals surface area contributed by atoms with Crippen molar-refractivity contribution in [1.29, 1.82) is 0 Å². The molecule has 1 N–H and O–H groups in total. The zero-order valence-electron chi connectivity index (χ0n) is 13.2. The van der Waals surface area contributed by atoms with Crippen molar-refractivity contribution in [3.8, 4) is 0 Å². The number of rotatable bonds is 4. The summed E-state index contributed by atoms with van der Waals surface area (Å²) in [5.41, 5.74) is 2.70. The average molecular weight is 354 g/mol. The fourth-order valence-electron chi connectivity index (χ4n) is 2.82. The fourth-order valence-corrected chi connectivity index (χ4v) is 4.15. The van der Waals surface area contributed by atoms with Crippen molar-refractivity contribution >= 4 is 34.0 Å². The maximum Gasteiger partial charge on any atom is 0.229 e. The first-order valence-corrected chi connectivity index (χ1v) is 9.22. The molecule has 1 aliphatic rings. The molecule has 5 nitrogen and oxygen atoms in total. The smallest absolute Gasteiger partial charge is 0.229 e. The molecule has 2 aromatic rings. The molecule has 1 amide bonds. The van der Waals surface area contributed by atoms with Crippen LogP contribution in [0.25, 0.3) is 0 Å². The highest BCUT2D eigenvalue weighted by atomic mass is 35.5. The van der Waals surface area contributed by atoms with E-state index < -0.39 is 0 Å². The van der Waals surface area contributed by atoms with E-state index in [9.17, 15) is 4.79 Å². The Labute approximate surface area is 144 Å². The highest BCUT2D eigenvalue weighted by molar-refractivity contribution is 7.15. The van der Waals surface area contributed by atoms with Gasteiger partial charge in [-0.3, -0.25) is 4.79 Å². The van der Waals surface area contributed by atoms with Gasteiger partial charge in [0.15, 0.2) is 5.13 Å². The normalized spacial score (nSPS) is 14.9. The van der Waals surface area contributed by atoms with Crippen LogP contribution in [-0.4, -0.2) is 16.0 Å². The van der Waals surface area contributed by atoms with Gasteiger partial charge in [0.2, 0.25) is 11.1 Å². The molecule has 0 aliphatic heterocycles. The van der Waals surface area contributed by atoms with E-state index >= 15 is 0 Å². The summed E-state index contributed by atoms with van der Waals surface area (Å²) in [5, 5.41) is 7.70. The minimum atomic E-state index is -0.0524. The van der Waals surface area contributed by atoms with Gasteiger partial charge in [0, 0.05) is 16.9 Å². The number of nitrogens with zero attached hydrogens (tertiary/aromatic N) is 2. The second kappa shape index (κ2) is 7.45. The summed E-state index contributed by atoms with van der Waals surface area (Å²) < 4.78 is 4.90. The van der Waals surface area contributed by atoms with E-state index in [4.69, 9.17) is 16.1 Å². The van der Waals surface area contributed by atoms with E-state index in [-0.39, 0.29) is 11.1 Å². The topological polar surface area (TPSA) is 68.0 Å². The highest BCUT2D eigenvalue weighted by Crippen LogP contribution is 2.28. The van der Waals surface area contributed by atoms with Gasteiger partial charge in [-0.25, -0.2) is 4.98 Å². The summed E-state index contributed by atoms with van der Waals surface area (Å²) >= 11 is 7.53. The largest absolute Gasteiger partial charge is 0.344 e. The number of fused-ring (bicyclic) bond motifs is 1. The van der Waals surface area contributed by atoms with Gasteiger partial charge in [0.1, 0.15) is 0 Å². The lowest BCUT2D eigenvalue weighted by atomic mass is 10.0. The van der Waals surface area contributed by atoms with Crippen LogP contribution in [0.3, 0.4) is 0 Å². The molecule has 0 atom stereocenters. The number of hydrogen-bond acceptors (Lipinski definition) is 5. The first-order chi connectivity index (χ1) is 11.1. The number of carbonyl (C=O) groups is 1. The predicted molar refractivity (Wildman–Crippen MR) is 91.2 cm³/mol. The van der Waals surface area contributed by atoms with E-state index in [2.05, 4.69) is 15.5 Å². The van der Waals surface area contributed by atoms with Crippen molar-refractivity contribution in [2.24, 2.45) is 0 Å². The average Bonchev–Trinajstić information content (AvgIpc) is 3.01. The number of nitrogens with one attached hydrogen (secondary N) is 1. The third-order valence-corrected chi connectivity index (χ3v) is 5.50. The van der Waals surface area contributed by atoms with Gasteiger partial charge < -0.3 is 9.84 Å². The molecule has 0 aromatic carbocycles. The number of halogens is 1. The van der Waals surface area contributed by atoms with Gasteiger partial charge in [0.25, 0.3) is 0 Å². The number of thiazole rings is 1. The Balaban J connectivity index is 1.58. The molecule has 0 saturated heterocycles. The third kappa shape index (κ3) is 4.12. The molecule has 0 radical (unpaired) electrons. The highest BCUT2D eigenvalue weighted by Gasteiger charge is 2.16. The Kier molecular flexibility index (Phi) is 5.33. The second-order valence-corrected chi connectivity index (χ2v) is 7.30. The van der Waals surface area contributed by atoms with Crippen LogP contribution in [0.2, 0.25) is 5.22 Å². The molecule has 0 bridgehead atoms. The van der Waals surface area contributed by atoms with Crippen LogP contribution < -0.4 is 5.32 Å². The standard InChI is InChI=1S/C16H20ClN3O2S/c1-10-11(15(17)22-20-10)8-9-14(21)19-16-18-12-6-4-2-3-5-7-13(12)23-16/h2-9H2,1H3,(H,18,19,21). The maximum atomic E-state index is 12.1. The van der Waals surface area contributed by atoms with Crippen molar-refractivity contribution in [3.05, 3.63) is 27.0 Å². The van der Waals surface area contributed by atoms with Crippen molar-refractivity contribution in [3.63, 3.8) is 0 Å². The minimum absolute atomic E-state index is 0.0524. The summed E-state index contributed by atoms with van der Waals surface area (Å²) in [7, 11) is 0. The fraction of sp³-hybridized carbons (Fsp3) is 0.562. The van der Waals surface area contributed by atoms with Crippen molar-refractivity contribution < 1.29 is 9.32 Å². The lowest BCUT2D eigenvalue weighted by molar-refractivity contribution is -0.116. The lowest BCUT2D eigenvalue weighted by Crippen LogP contribution is -2.12. The summed E-state index contributed by atoms with van der Waals surface area (Å²) in [6, 6.07) is 0. The van der Waals surface area contributed by atoms with Crippen LogP contribution in [0.15, 0.2) is 4.52 Å². The molecule has 0 unspecified atom stereocenters. The molecule has 124 valence electrons. The molecule has 2 heterocycles. The van der Waals surface area contributed by atoms with E-state index in [1.54, 1.807) is 11.3 Å². The van der Waals surface area contributed by atoms with Crippen LogP contribution in [0.4, 0.5) is 5.13 Å². The lowest BCUT2D eigenvalue weighted by Gasteiger charge is -2.06. The monoisotopic (exact) mass is 353 g/mol. The zero-order chi connectivity index (χ0) is 16.2. The minimum Gasteiger partial charge on any atom is -0.344 e. The quantitative estimate of drug-likeness (QED) is 0.888. The Morgan fingerprint density at radius 1 is 1.30 bits per heavy atom. The van der Waals surface area contributed by atoms with Gasteiger partial charge in [0.05, 0.1) is 11.4 Å². The summed E-state index contributed by atoms with van der Waals surface area (Å²) in [6.07, 6.45) is 7.94. The molecule has 23 heavy (non-hydrogen) atoms. The van der Waals surface area contributed by atoms with Crippen LogP contribution >= 0.6 is 22.9 Å². The number of anilines is 1. The molecule has 0 spiro atoms. The molecule has 0 saturated carbocycles. The third-order valence-electron chi connectivity index (χ3n) is 4.13. The van der Waals surface area contributed by atoms with Gasteiger partial charge in [-0.15, -0.1) is 11.3 Å².